The van der Waals surface area contributed by atoms with Gasteiger partial charge < -0.3 is 0 Å². The molecule has 0 aliphatic heterocycles. The molecule has 96 valence electrons. The van der Waals surface area contributed by atoms with Gasteiger partial charge in [0.2, 0.25) is 0 Å². The maximum atomic E-state index is 12.4. The van der Waals surface area contributed by atoms with Crippen molar-refractivity contribution in [1.29, 1.82) is 5.26 Å². The van der Waals surface area contributed by atoms with E-state index in [-0.39, 0.29) is 18.4 Å². The molecule has 0 fully saturated rings. The number of hydrogen-bond donors (Lipinski definition) is 0. The van der Waals surface area contributed by atoms with Gasteiger partial charge in [0, 0.05) is 5.56 Å². The zero-order valence-electron chi connectivity index (χ0n) is 8.36. The summed E-state index contributed by atoms with van der Waals surface area (Å²) in [6.45, 7) is 0. The fourth-order valence-corrected chi connectivity index (χ4v) is 1.29. The second-order valence-electron chi connectivity index (χ2n) is 3.21. The van der Waals surface area contributed by atoms with Crippen molar-refractivity contribution in [1.82, 2.24) is 0 Å². The standard InChI is InChI=1S/C10H3F6NO/c11-9(12,13)7-2-6(4-18)8(10(14,15)16)1-5(7)3-17/h1-2,4H. The SMILES string of the molecule is N#Cc1cc(C(F)(F)F)c(C=O)cc1C(F)(F)F. The lowest BCUT2D eigenvalue weighted by Gasteiger charge is -2.14. The Kier molecular flexibility index (Phi) is 3.37. The first-order chi connectivity index (χ1) is 8.11. The number of halogens is 6. The summed E-state index contributed by atoms with van der Waals surface area (Å²) in [5.74, 6) is 0. The summed E-state index contributed by atoms with van der Waals surface area (Å²) in [4.78, 5) is 10.4. The number of carbonyl (C=O) groups excluding carboxylic acids is 1. The minimum atomic E-state index is -5.01. The quantitative estimate of drug-likeness (QED) is 0.578. The Hall–Kier alpha value is -2.04. The predicted molar refractivity (Wildman–Crippen MR) is 46.5 cm³/mol. The van der Waals surface area contributed by atoms with Crippen LogP contribution in [0.1, 0.15) is 27.0 Å². The third-order valence-corrected chi connectivity index (χ3v) is 2.05. The van der Waals surface area contributed by atoms with Gasteiger partial charge in [-0.25, -0.2) is 0 Å². The van der Waals surface area contributed by atoms with E-state index in [9.17, 15) is 31.1 Å². The van der Waals surface area contributed by atoms with Crippen LogP contribution < -0.4 is 0 Å². The second-order valence-corrected chi connectivity index (χ2v) is 3.21. The van der Waals surface area contributed by atoms with E-state index in [1.54, 1.807) is 0 Å². The number of nitrogens with zero attached hydrogens (tertiary/aromatic N) is 1. The Morgan fingerprint density at radius 1 is 1.00 bits per heavy atom. The molecule has 2 nitrogen and oxygen atoms in total. The first-order valence-corrected chi connectivity index (χ1v) is 4.29. The van der Waals surface area contributed by atoms with E-state index in [1.165, 1.54) is 0 Å². The maximum absolute atomic E-state index is 12.4. The lowest BCUT2D eigenvalue weighted by atomic mass is 9.99. The topological polar surface area (TPSA) is 40.9 Å². The number of nitriles is 1. The van der Waals surface area contributed by atoms with Crippen LogP contribution in [0.4, 0.5) is 26.3 Å². The third kappa shape index (κ3) is 2.61. The highest BCUT2D eigenvalue weighted by Gasteiger charge is 2.39. The van der Waals surface area contributed by atoms with Crippen molar-refractivity contribution < 1.29 is 31.1 Å². The van der Waals surface area contributed by atoms with E-state index in [1.807, 2.05) is 0 Å². The van der Waals surface area contributed by atoms with Crippen molar-refractivity contribution in [2.24, 2.45) is 0 Å². The minimum absolute atomic E-state index is 0.0204. The average molecular weight is 267 g/mol. The van der Waals surface area contributed by atoms with E-state index in [0.717, 1.165) is 6.07 Å². The molecule has 18 heavy (non-hydrogen) atoms. The smallest absolute Gasteiger partial charge is 0.298 e. The van der Waals surface area contributed by atoms with Gasteiger partial charge in [-0.2, -0.15) is 31.6 Å². The van der Waals surface area contributed by atoms with Gasteiger partial charge in [-0.3, -0.25) is 4.79 Å². The van der Waals surface area contributed by atoms with Crippen molar-refractivity contribution in [3.05, 3.63) is 34.4 Å². The molecule has 0 aliphatic carbocycles. The lowest BCUT2D eigenvalue weighted by Crippen LogP contribution is -2.14. The molecule has 0 aliphatic rings. The van der Waals surface area contributed by atoms with Crippen molar-refractivity contribution >= 4 is 6.29 Å². The lowest BCUT2D eigenvalue weighted by molar-refractivity contribution is -0.141. The largest absolute Gasteiger partial charge is 0.417 e. The first-order valence-electron chi connectivity index (χ1n) is 4.29. The summed E-state index contributed by atoms with van der Waals surface area (Å²) in [5, 5.41) is 8.43. The fraction of sp³-hybridized carbons (Fsp3) is 0.200. The summed E-state index contributed by atoms with van der Waals surface area (Å²) in [5.41, 5.74) is -5.48. The maximum Gasteiger partial charge on any atom is 0.417 e. The molecule has 0 amide bonds. The van der Waals surface area contributed by atoms with Gasteiger partial charge in [-0.15, -0.1) is 0 Å². The highest BCUT2D eigenvalue weighted by atomic mass is 19.4. The molecule has 0 atom stereocenters. The second kappa shape index (κ2) is 4.33. The molecule has 1 aromatic carbocycles. The molecule has 0 bridgehead atoms. The Labute approximate surface area is 96.4 Å². The van der Waals surface area contributed by atoms with Gasteiger partial charge in [0.15, 0.2) is 6.29 Å². The van der Waals surface area contributed by atoms with E-state index in [0.29, 0.717) is 0 Å². The molecule has 1 rings (SSSR count). The Balaban J connectivity index is 3.64. The van der Waals surface area contributed by atoms with Gasteiger partial charge in [0.25, 0.3) is 0 Å². The number of carbonyl (C=O) groups is 1. The molecule has 0 unspecified atom stereocenters. The van der Waals surface area contributed by atoms with Gasteiger partial charge in [-0.05, 0) is 12.1 Å². The van der Waals surface area contributed by atoms with Crippen LogP contribution in [0, 0.1) is 11.3 Å². The van der Waals surface area contributed by atoms with Crippen LogP contribution in [0.25, 0.3) is 0 Å². The van der Waals surface area contributed by atoms with E-state index in [4.69, 9.17) is 5.26 Å². The van der Waals surface area contributed by atoms with Crippen LogP contribution in [0.3, 0.4) is 0 Å². The number of aldehydes is 1. The molecule has 0 heterocycles. The highest BCUT2D eigenvalue weighted by Crippen LogP contribution is 2.38. The van der Waals surface area contributed by atoms with E-state index >= 15 is 0 Å². The zero-order valence-corrected chi connectivity index (χ0v) is 8.36. The minimum Gasteiger partial charge on any atom is -0.298 e. The molecular weight excluding hydrogens is 264 g/mol. The molecule has 0 radical (unpaired) electrons. The summed E-state index contributed by atoms with van der Waals surface area (Å²) in [6, 6.07) is 1.07. The number of hydrogen-bond acceptors (Lipinski definition) is 2. The molecule has 8 heteroatoms. The first kappa shape index (κ1) is 14.0. The normalized spacial score (nSPS) is 12.1. The Morgan fingerprint density at radius 2 is 1.50 bits per heavy atom. The Morgan fingerprint density at radius 3 is 1.83 bits per heavy atom. The summed E-state index contributed by atoms with van der Waals surface area (Å²) >= 11 is 0. The highest BCUT2D eigenvalue weighted by molar-refractivity contribution is 5.79. The molecular formula is C10H3F6NO. The molecule has 0 aromatic heterocycles. The number of alkyl halides is 6. The number of rotatable bonds is 1. The molecule has 0 spiro atoms. The van der Waals surface area contributed by atoms with Crippen molar-refractivity contribution in [2.75, 3.05) is 0 Å². The van der Waals surface area contributed by atoms with Gasteiger partial charge in [-0.1, -0.05) is 0 Å². The van der Waals surface area contributed by atoms with Gasteiger partial charge in [0.1, 0.15) is 0 Å². The van der Waals surface area contributed by atoms with Crippen LogP contribution in [-0.2, 0) is 12.4 Å². The average Bonchev–Trinajstić information content (AvgIpc) is 2.24. The molecule has 0 N–H and O–H groups in total. The predicted octanol–water partition coefficient (Wildman–Crippen LogP) is 3.41. The van der Waals surface area contributed by atoms with Crippen molar-refractivity contribution in [3.63, 3.8) is 0 Å². The molecule has 1 aromatic rings. The zero-order chi connectivity index (χ0) is 14.1. The van der Waals surface area contributed by atoms with Crippen LogP contribution >= 0.6 is 0 Å². The monoisotopic (exact) mass is 267 g/mol. The van der Waals surface area contributed by atoms with Crippen molar-refractivity contribution in [2.45, 2.75) is 12.4 Å². The van der Waals surface area contributed by atoms with Gasteiger partial charge >= 0.3 is 12.4 Å². The summed E-state index contributed by atoms with van der Waals surface area (Å²) < 4.78 is 74.6. The number of benzene rings is 1. The third-order valence-electron chi connectivity index (χ3n) is 2.05. The van der Waals surface area contributed by atoms with Crippen LogP contribution in [0.5, 0.6) is 0 Å². The van der Waals surface area contributed by atoms with Crippen molar-refractivity contribution in [3.8, 4) is 6.07 Å². The van der Waals surface area contributed by atoms with E-state index in [2.05, 4.69) is 0 Å². The van der Waals surface area contributed by atoms with Crippen LogP contribution in [0.2, 0.25) is 0 Å². The van der Waals surface area contributed by atoms with Crippen LogP contribution in [0.15, 0.2) is 12.1 Å². The fourth-order valence-electron chi connectivity index (χ4n) is 1.29. The summed E-state index contributed by atoms with van der Waals surface area (Å²) in [6.07, 6.45) is -10.3. The summed E-state index contributed by atoms with van der Waals surface area (Å²) in [7, 11) is 0. The molecule has 0 saturated carbocycles. The van der Waals surface area contributed by atoms with E-state index < -0.39 is 34.6 Å². The van der Waals surface area contributed by atoms with Gasteiger partial charge in [0.05, 0.1) is 22.8 Å². The Bertz CT molecular complexity index is 523. The van der Waals surface area contributed by atoms with Crippen LogP contribution in [-0.4, -0.2) is 6.29 Å². The molecule has 0 saturated heterocycles.